The summed E-state index contributed by atoms with van der Waals surface area (Å²) in [7, 11) is 0. The Kier molecular flexibility index (Phi) is 6.32. The smallest absolute Gasteiger partial charge is 0.339 e. The summed E-state index contributed by atoms with van der Waals surface area (Å²) in [5.74, 6) is -0.964. The highest BCUT2D eigenvalue weighted by atomic mass is 79.9. The van der Waals surface area contributed by atoms with Gasteiger partial charge in [0.05, 0.1) is 16.8 Å². The van der Waals surface area contributed by atoms with Crippen molar-refractivity contribution in [2.24, 2.45) is 0 Å². The molecular formula is C26H21BrN2O3. The quantitative estimate of drug-likeness (QED) is 0.345. The first-order chi connectivity index (χ1) is 15.4. The van der Waals surface area contributed by atoms with E-state index in [0.29, 0.717) is 27.8 Å². The molecule has 160 valence electrons. The van der Waals surface area contributed by atoms with E-state index in [4.69, 9.17) is 9.72 Å². The Labute approximate surface area is 194 Å². The van der Waals surface area contributed by atoms with Gasteiger partial charge in [-0.25, -0.2) is 9.78 Å². The fourth-order valence-corrected chi connectivity index (χ4v) is 3.82. The number of carbonyl (C=O) groups excluding carboxylic acids is 2. The Morgan fingerprint density at radius 3 is 2.56 bits per heavy atom. The lowest BCUT2D eigenvalue weighted by molar-refractivity contribution is -0.119. The molecule has 4 rings (SSSR count). The third kappa shape index (κ3) is 4.70. The van der Waals surface area contributed by atoms with Gasteiger partial charge in [0.15, 0.2) is 6.61 Å². The van der Waals surface area contributed by atoms with Crippen molar-refractivity contribution in [3.63, 3.8) is 0 Å². The lowest BCUT2D eigenvalue weighted by atomic mass is 10.0. The van der Waals surface area contributed by atoms with Gasteiger partial charge in [0, 0.05) is 21.1 Å². The Bertz CT molecular complexity index is 1330. The number of carbonyl (C=O) groups is 2. The number of fused-ring (bicyclic) bond motifs is 1. The van der Waals surface area contributed by atoms with Gasteiger partial charge in [0.1, 0.15) is 0 Å². The highest BCUT2D eigenvalue weighted by Gasteiger charge is 2.17. The van der Waals surface area contributed by atoms with E-state index < -0.39 is 11.9 Å². The van der Waals surface area contributed by atoms with Gasteiger partial charge in [-0.3, -0.25) is 4.79 Å². The first-order valence-corrected chi connectivity index (χ1v) is 10.9. The predicted octanol–water partition coefficient (Wildman–Crippen LogP) is 6.08. The lowest BCUT2D eigenvalue weighted by Crippen LogP contribution is -2.21. The number of amides is 1. The van der Waals surface area contributed by atoms with Gasteiger partial charge in [0.2, 0.25) is 0 Å². The summed E-state index contributed by atoms with van der Waals surface area (Å²) in [5, 5.41) is 3.48. The van der Waals surface area contributed by atoms with Crippen LogP contribution in [0.3, 0.4) is 0 Å². The summed E-state index contributed by atoms with van der Waals surface area (Å²) in [6.45, 7) is 3.53. The molecule has 0 unspecified atom stereocenters. The molecule has 0 saturated heterocycles. The predicted molar refractivity (Wildman–Crippen MR) is 130 cm³/mol. The first kappa shape index (κ1) is 21.7. The van der Waals surface area contributed by atoms with Gasteiger partial charge in [0.25, 0.3) is 5.91 Å². The second-order valence-electron chi connectivity index (χ2n) is 7.45. The van der Waals surface area contributed by atoms with E-state index in [1.165, 1.54) is 0 Å². The summed E-state index contributed by atoms with van der Waals surface area (Å²) in [6.07, 6.45) is 0. The largest absolute Gasteiger partial charge is 0.452 e. The molecule has 6 heteroatoms. The molecule has 0 atom stereocenters. The van der Waals surface area contributed by atoms with Crippen LogP contribution in [-0.2, 0) is 9.53 Å². The number of nitrogens with one attached hydrogen (secondary N) is 1. The average Bonchev–Trinajstić information content (AvgIpc) is 2.79. The zero-order valence-electron chi connectivity index (χ0n) is 17.7. The number of benzene rings is 3. The van der Waals surface area contributed by atoms with Crippen LogP contribution >= 0.6 is 15.9 Å². The summed E-state index contributed by atoms with van der Waals surface area (Å²) in [6, 6.07) is 22.4. The number of halogens is 1. The monoisotopic (exact) mass is 488 g/mol. The summed E-state index contributed by atoms with van der Waals surface area (Å²) >= 11 is 3.47. The van der Waals surface area contributed by atoms with Gasteiger partial charge in [-0.15, -0.1) is 0 Å². The number of aryl methyl sites for hydroxylation is 1. The zero-order chi connectivity index (χ0) is 22.7. The minimum atomic E-state index is -0.573. The number of nitrogens with zero attached hydrogens (tertiary/aromatic N) is 1. The van der Waals surface area contributed by atoms with Crippen molar-refractivity contribution >= 4 is 44.4 Å². The van der Waals surface area contributed by atoms with Crippen molar-refractivity contribution < 1.29 is 14.3 Å². The number of ether oxygens (including phenoxy) is 1. The van der Waals surface area contributed by atoms with Crippen LogP contribution < -0.4 is 5.32 Å². The van der Waals surface area contributed by atoms with Crippen LogP contribution in [0.25, 0.3) is 22.2 Å². The molecular weight excluding hydrogens is 468 g/mol. The fourth-order valence-electron chi connectivity index (χ4n) is 3.42. The molecule has 1 N–H and O–H groups in total. The van der Waals surface area contributed by atoms with Crippen LogP contribution in [0.4, 0.5) is 5.69 Å². The summed E-state index contributed by atoms with van der Waals surface area (Å²) in [5.41, 5.74) is 5.32. The highest BCUT2D eigenvalue weighted by molar-refractivity contribution is 9.10. The van der Waals surface area contributed by atoms with Crippen LogP contribution in [0.15, 0.2) is 77.3 Å². The van der Waals surface area contributed by atoms with E-state index in [1.54, 1.807) is 6.07 Å². The number of esters is 1. The molecule has 0 aliphatic heterocycles. The number of para-hydroxylation sites is 1. The third-order valence-corrected chi connectivity index (χ3v) is 5.76. The van der Waals surface area contributed by atoms with Crippen LogP contribution in [0.5, 0.6) is 0 Å². The molecule has 0 saturated carbocycles. The standard InChI is InChI=1S/C26H21BrN2O3/c1-16-7-5-12-22(17(16)2)29-25(30)15-32-26(31)21-14-24(18-8-6-9-19(27)13-18)28-23-11-4-3-10-20(21)23/h3-14H,15H2,1-2H3,(H,29,30). The Balaban J connectivity index is 1.57. The van der Waals surface area contributed by atoms with E-state index in [2.05, 4.69) is 21.2 Å². The molecule has 32 heavy (non-hydrogen) atoms. The second kappa shape index (κ2) is 9.32. The van der Waals surface area contributed by atoms with Crippen LogP contribution in [0.2, 0.25) is 0 Å². The number of anilines is 1. The summed E-state index contributed by atoms with van der Waals surface area (Å²) < 4.78 is 6.28. The third-order valence-electron chi connectivity index (χ3n) is 5.27. The Morgan fingerprint density at radius 2 is 1.75 bits per heavy atom. The van der Waals surface area contributed by atoms with Gasteiger partial charge < -0.3 is 10.1 Å². The SMILES string of the molecule is Cc1cccc(NC(=O)COC(=O)c2cc(-c3cccc(Br)c3)nc3ccccc23)c1C. The van der Waals surface area contributed by atoms with Crippen molar-refractivity contribution in [2.75, 3.05) is 11.9 Å². The van der Waals surface area contributed by atoms with E-state index >= 15 is 0 Å². The van der Waals surface area contributed by atoms with E-state index in [-0.39, 0.29) is 6.61 Å². The van der Waals surface area contributed by atoms with E-state index in [9.17, 15) is 9.59 Å². The highest BCUT2D eigenvalue weighted by Crippen LogP contribution is 2.27. The van der Waals surface area contributed by atoms with Gasteiger partial charge in [-0.2, -0.15) is 0 Å². The topological polar surface area (TPSA) is 68.3 Å². The molecule has 0 fully saturated rings. The second-order valence-corrected chi connectivity index (χ2v) is 8.37. The lowest BCUT2D eigenvalue weighted by Gasteiger charge is -2.12. The van der Waals surface area contributed by atoms with E-state index in [0.717, 1.165) is 21.2 Å². The van der Waals surface area contributed by atoms with Crippen molar-refractivity contribution in [3.05, 3.63) is 94.0 Å². The van der Waals surface area contributed by atoms with Crippen molar-refractivity contribution in [3.8, 4) is 11.3 Å². The molecule has 1 heterocycles. The van der Waals surface area contributed by atoms with Crippen LogP contribution in [0.1, 0.15) is 21.5 Å². The molecule has 5 nitrogen and oxygen atoms in total. The van der Waals surface area contributed by atoms with Crippen LogP contribution in [-0.4, -0.2) is 23.5 Å². The first-order valence-electron chi connectivity index (χ1n) is 10.1. The van der Waals surface area contributed by atoms with Crippen molar-refractivity contribution in [1.29, 1.82) is 0 Å². The van der Waals surface area contributed by atoms with Gasteiger partial charge >= 0.3 is 5.97 Å². The molecule has 0 aliphatic rings. The molecule has 0 aliphatic carbocycles. The maximum atomic E-state index is 12.9. The average molecular weight is 489 g/mol. The van der Waals surface area contributed by atoms with E-state index in [1.807, 2.05) is 80.6 Å². The molecule has 0 spiro atoms. The van der Waals surface area contributed by atoms with Crippen molar-refractivity contribution in [1.82, 2.24) is 4.98 Å². The molecule has 0 bridgehead atoms. The van der Waals surface area contributed by atoms with Gasteiger partial charge in [-0.1, -0.05) is 58.4 Å². The van der Waals surface area contributed by atoms with Crippen LogP contribution in [0, 0.1) is 13.8 Å². The number of rotatable bonds is 5. The van der Waals surface area contributed by atoms with Crippen molar-refractivity contribution in [2.45, 2.75) is 13.8 Å². The maximum Gasteiger partial charge on any atom is 0.339 e. The Morgan fingerprint density at radius 1 is 0.969 bits per heavy atom. The molecule has 1 aromatic heterocycles. The minimum absolute atomic E-state index is 0.366. The molecule has 3 aromatic carbocycles. The number of aromatic nitrogens is 1. The summed E-state index contributed by atoms with van der Waals surface area (Å²) in [4.78, 5) is 30.0. The normalized spacial score (nSPS) is 10.7. The minimum Gasteiger partial charge on any atom is -0.452 e. The fraction of sp³-hybridized carbons (Fsp3) is 0.115. The zero-order valence-corrected chi connectivity index (χ0v) is 19.3. The molecule has 0 radical (unpaired) electrons. The van der Waals surface area contributed by atoms with Gasteiger partial charge in [-0.05, 0) is 55.3 Å². The maximum absolute atomic E-state index is 12.9. The number of hydrogen-bond donors (Lipinski definition) is 1. The molecule has 1 amide bonds. The molecule has 4 aromatic rings. The Hall–Kier alpha value is -3.51. The number of pyridine rings is 1. The number of hydrogen-bond acceptors (Lipinski definition) is 4.